The molecule has 0 bridgehead atoms. The number of carbonyl (C=O) groups is 1. The molecule has 2 atom stereocenters. The number of amides is 1. The van der Waals surface area contributed by atoms with Gasteiger partial charge in [-0.05, 0) is 30.5 Å². The molecule has 7 nitrogen and oxygen atoms in total. The van der Waals surface area contributed by atoms with Gasteiger partial charge in [0.05, 0.1) is 20.3 Å². The standard InChI is InChI=1S/C19H24N4O3/c1-25-14-5-6-15(18(10-14)26-2)16-11-17(23-22-16)19(24)21-9-7-13-4-3-8-20-12-13/h3-6,8,10,12,16-17,22-23H,7,9,11H2,1-2H3,(H,21,24). The number of methoxy groups -OCH3 is 2. The lowest BCUT2D eigenvalue weighted by atomic mass is 10.0. The summed E-state index contributed by atoms with van der Waals surface area (Å²) in [5.41, 5.74) is 8.35. The lowest BCUT2D eigenvalue weighted by Gasteiger charge is -2.15. The number of nitrogens with zero attached hydrogens (tertiary/aromatic N) is 1. The third-order valence-electron chi connectivity index (χ3n) is 4.47. The highest BCUT2D eigenvalue weighted by Gasteiger charge is 2.31. The molecule has 0 radical (unpaired) electrons. The molecule has 2 unspecified atom stereocenters. The molecular weight excluding hydrogens is 332 g/mol. The van der Waals surface area contributed by atoms with Crippen molar-refractivity contribution in [2.75, 3.05) is 20.8 Å². The van der Waals surface area contributed by atoms with Crippen LogP contribution in [0.2, 0.25) is 0 Å². The maximum absolute atomic E-state index is 12.4. The molecule has 3 rings (SSSR count). The van der Waals surface area contributed by atoms with E-state index in [-0.39, 0.29) is 18.0 Å². The summed E-state index contributed by atoms with van der Waals surface area (Å²) in [6, 6.07) is 9.29. The summed E-state index contributed by atoms with van der Waals surface area (Å²) in [6.45, 7) is 0.583. The fourth-order valence-electron chi connectivity index (χ4n) is 3.04. The summed E-state index contributed by atoms with van der Waals surface area (Å²) in [7, 11) is 3.25. The Morgan fingerprint density at radius 1 is 1.27 bits per heavy atom. The number of hydrogen-bond acceptors (Lipinski definition) is 6. The first-order valence-electron chi connectivity index (χ1n) is 8.61. The molecule has 1 amide bonds. The molecule has 138 valence electrons. The Labute approximate surface area is 153 Å². The molecule has 1 aliphatic rings. The van der Waals surface area contributed by atoms with Crippen molar-refractivity contribution in [2.45, 2.75) is 24.9 Å². The number of nitrogens with one attached hydrogen (secondary N) is 3. The zero-order chi connectivity index (χ0) is 18.4. The molecule has 2 aromatic rings. The molecule has 1 aliphatic heterocycles. The summed E-state index contributed by atoms with van der Waals surface area (Å²) < 4.78 is 10.7. The van der Waals surface area contributed by atoms with Gasteiger partial charge in [-0.3, -0.25) is 9.78 Å². The maximum Gasteiger partial charge on any atom is 0.238 e. The van der Waals surface area contributed by atoms with Gasteiger partial charge in [-0.15, -0.1) is 0 Å². The fraction of sp³-hybridized carbons (Fsp3) is 0.368. The maximum atomic E-state index is 12.4. The van der Waals surface area contributed by atoms with Crippen LogP contribution >= 0.6 is 0 Å². The normalized spacial score (nSPS) is 19.2. The highest BCUT2D eigenvalue weighted by atomic mass is 16.5. The molecule has 0 aliphatic carbocycles. The second-order valence-corrected chi connectivity index (χ2v) is 6.14. The largest absolute Gasteiger partial charge is 0.497 e. The monoisotopic (exact) mass is 356 g/mol. The van der Waals surface area contributed by atoms with E-state index >= 15 is 0 Å². The average molecular weight is 356 g/mol. The molecule has 7 heteroatoms. The van der Waals surface area contributed by atoms with Crippen molar-refractivity contribution < 1.29 is 14.3 Å². The Kier molecular flexibility index (Phi) is 6.04. The van der Waals surface area contributed by atoms with Crippen LogP contribution in [0.15, 0.2) is 42.7 Å². The van der Waals surface area contributed by atoms with E-state index in [0.29, 0.717) is 13.0 Å². The highest BCUT2D eigenvalue weighted by Crippen LogP contribution is 2.33. The van der Waals surface area contributed by atoms with Crippen LogP contribution in [0.3, 0.4) is 0 Å². The third kappa shape index (κ3) is 4.30. The predicted octanol–water partition coefficient (Wildman–Crippen LogP) is 1.37. The number of hydrazine groups is 1. The van der Waals surface area contributed by atoms with Gasteiger partial charge in [-0.25, -0.2) is 10.9 Å². The van der Waals surface area contributed by atoms with Gasteiger partial charge in [0.25, 0.3) is 0 Å². The Hall–Kier alpha value is -2.64. The summed E-state index contributed by atoms with van der Waals surface area (Å²) in [6.07, 6.45) is 4.95. The number of benzene rings is 1. The van der Waals surface area contributed by atoms with E-state index in [1.807, 2.05) is 36.5 Å². The van der Waals surface area contributed by atoms with Gasteiger partial charge in [0.2, 0.25) is 5.91 Å². The average Bonchev–Trinajstić information content (AvgIpc) is 3.18. The second-order valence-electron chi connectivity index (χ2n) is 6.14. The van der Waals surface area contributed by atoms with Crippen LogP contribution < -0.4 is 25.6 Å². The number of hydrogen-bond donors (Lipinski definition) is 3. The van der Waals surface area contributed by atoms with Crippen LogP contribution in [0.5, 0.6) is 11.5 Å². The van der Waals surface area contributed by atoms with Crippen molar-refractivity contribution in [3.8, 4) is 11.5 Å². The van der Waals surface area contributed by atoms with Crippen molar-refractivity contribution >= 4 is 5.91 Å². The minimum absolute atomic E-state index is 0.00932. The Morgan fingerprint density at radius 3 is 2.88 bits per heavy atom. The number of pyridine rings is 1. The van der Waals surface area contributed by atoms with E-state index in [1.54, 1.807) is 20.4 Å². The summed E-state index contributed by atoms with van der Waals surface area (Å²) in [5.74, 6) is 1.46. The first-order chi connectivity index (χ1) is 12.7. The van der Waals surface area contributed by atoms with E-state index in [2.05, 4.69) is 21.2 Å². The predicted molar refractivity (Wildman–Crippen MR) is 97.9 cm³/mol. The topological polar surface area (TPSA) is 84.5 Å². The van der Waals surface area contributed by atoms with Gasteiger partial charge < -0.3 is 14.8 Å². The van der Waals surface area contributed by atoms with Gasteiger partial charge >= 0.3 is 0 Å². The number of carbonyl (C=O) groups excluding carboxylic acids is 1. The molecule has 1 aromatic carbocycles. The molecule has 2 heterocycles. The molecule has 1 fully saturated rings. The van der Waals surface area contributed by atoms with E-state index in [9.17, 15) is 4.79 Å². The van der Waals surface area contributed by atoms with Crippen molar-refractivity contribution in [3.63, 3.8) is 0 Å². The van der Waals surface area contributed by atoms with Crippen LogP contribution in [0, 0.1) is 0 Å². The zero-order valence-corrected chi connectivity index (χ0v) is 15.0. The molecule has 1 saturated heterocycles. The van der Waals surface area contributed by atoms with Gasteiger partial charge in [-0.1, -0.05) is 12.1 Å². The van der Waals surface area contributed by atoms with Gasteiger partial charge in [0.1, 0.15) is 17.5 Å². The Morgan fingerprint density at radius 2 is 2.15 bits per heavy atom. The van der Waals surface area contributed by atoms with Crippen molar-refractivity contribution in [1.29, 1.82) is 0 Å². The smallest absolute Gasteiger partial charge is 0.238 e. The number of ether oxygens (including phenoxy) is 2. The van der Waals surface area contributed by atoms with Crippen molar-refractivity contribution in [2.24, 2.45) is 0 Å². The summed E-state index contributed by atoms with van der Waals surface area (Å²) in [4.78, 5) is 16.5. The highest BCUT2D eigenvalue weighted by molar-refractivity contribution is 5.82. The lowest BCUT2D eigenvalue weighted by molar-refractivity contribution is -0.122. The molecule has 26 heavy (non-hydrogen) atoms. The SMILES string of the molecule is COc1ccc(C2CC(C(=O)NCCc3cccnc3)NN2)c(OC)c1. The summed E-state index contributed by atoms with van der Waals surface area (Å²) >= 11 is 0. The van der Waals surface area contributed by atoms with Crippen LogP contribution in [-0.4, -0.2) is 37.7 Å². The van der Waals surface area contributed by atoms with Crippen LogP contribution in [0.1, 0.15) is 23.6 Å². The van der Waals surface area contributed by atoms with Gasteiger partial charge in [-0.2, -0.15) is 0 Å². The second kappa shape index (κ2) is 8.64. The quantitative estimate of drug-likeness (QED) is 0.695. The van der Waals surface area contributed by atoms with Crippen molar-refractivity contribution in [1.82, 2.24) is 21.2 Å². The van der Waals surface area contributed by atoms with E-state index in [4.69, 9.17) is 9.47 Å². The molecule has 0 spiro atoms. The Bertz CT molecular complexity index is 739. The minimum Gasteiger partial charge on any atom is -0.497 e. The third-order valence-corrected chi connectivity index (χ3v) is 4.47. The molecule has 1 aromatic heterocycles. The molecular formula is C19H24N4O3. The first-order valence-corrected chi connectivity index (χ1v) is 8.61. The zero-order valence-electron chi connectivity index (χ0n) is 15.0. The number of aromatic nitrogens is 1. The fourth-order valence-corrected chi connectivity index (χ4v) is 3.04. The van der Waals surface area contributed by atoms with Gasteiger partial charge in [0, 0.05) is 30.6 Å². The minimum atomic E-state index is -0.291. The van der Waals surface area contributed by atoms with E-state index in [1.165, 1.54) is 0 Å². The van der Waals surface area contributed by atoms with Crippen molar-refractivity contribution in [3.05, 3.63) is 53.9 Å². The van der Waals surface area contributed by atoms with Crippen LogP contribution in [0.4, 0.5) is 0 Å². The van der Waals surface area contributed by atoms with Crippen LogP contribution in [0.25, 0.3) is 0 Å². The molecule has 3 N–H and O–H groups in total. The molecule has 0 saturated carbocycles. The van der Waals surface area contributed by atoms with E-state index in [0.717, 1.165) is 29.0 Å². The lowest BCUT2D eigenvalue weighted by Crippen LogP contribution is -2.43. The summed E-state index contributed by atoms with van der Waals surface area (Å²) in [5, 5.41) is 2.97. The van der Waals surface area contributed by atoms with Gasteiger partial charge in [0.15, 0.2) is 0 Å². The number of rotatable bonds is 7. The van der Waals surface area contributed by atoms with E-state index < -0.39 is 0 Å². The first kappa shape index (κ1) is 18.2. The Balaban J connectivity index is 1.54. The van der Waals surface area contributed by atoms with Crippen LogP contribution in [-0.2, 0) is 11.2 Å².